The van der Waals surface area contributed by atoms with Gasteiger partial charge in [0, 0.05) is 0 Å². The summed E-state index contributed by atoms with van der Waals surface area (Å²) in [7, 11) is 0. The number of hydrogen-bond acceptors (Lipinski definition) is 3. The van der Waals surface area contributed by atoms with Gasteiger partial charge in [0.15, 0.2) is 0 Å². The fraction of sp³-hybridized carbons (Fsp3) is 0.381. The number of ether oxygens (including phenoxy) is 2. The van der Waals surface area contributed by atoms with Crippen molar-refractivity contribution in [2.45, 2.75) is 37.9 Å². The minimum Gasteiger partial charge on any atom is -0.494 e. The summed E-state index contributed by atoms with van der Waals surface area (Å²) in [6.07, 6.45) is -1.27. The van der Waals surface area contributed by atoms with Gasteiger partial charge < -0.3 is 9.47 Å². The Balaban J connectivity index is 1.37. The summed E-state index contributed by atoms with van der Waals surface area (Å²) < 4.78 is 75.8. The minimum absolute atomic E-state index is 0.00348. The molecule has 156 valence electrons. The molecule has 0 saturated heterocycles. The van der Waals surface area contributed by atoms with Crippen molar-refractivity contribution in [2.24, 2.45) is 4.99 Å². The summed E-state index contributed by atoms with van der Waals surface area (Å²) in [5.41, 5.74) is -0.946. The number of nitrogens with zero attached hydrogens (tertiary/aromatic N) is 1. The van der Waals surface area contributed by atoms with Crippen LogP contribution in [-0.4, -0.2) is 25.2 Å². The second kappa shape index (κ2) is 9.24. The molecule has 0 N–H and O–H groups in total. The lowest BCUT2D eigenvalue weighted by Crippen LogP contribution is -2.08. The van der Waals surface area contributed by atoms with Crippen LogP contribution in [0.5, 0.6) is 5.75 Å². The van der Waals surface area contributed by atoms with Crippen LogP contribution in [0.15, 0.2) is 47.5 Å². The van der Waals surface area contributed by atoms with Crippen LogP contribution in [0, 0.1) is 11.6 Å². The Labute approximate surface area is 165 Å². The van der Waals surface area contributed by atoms with Gasteiger partial charge >= 0.3 is 6.18 Å². The number of rotatable bonds is 8. The number of alkyl halides is 3. The molecule has 29 heavy (non-hydrogen) atoms. The van der Waals surface area contributed by atoms with Crippen molar-refractivity contribution in [2.75, 3.05) is 13.2 Å². The molecule has 0 fully saturated rings. The van der Waals surface area contributed by atoms with E-state index in [1.165, 1.54) is 18.2 Å². The first-order chi connectivity index (χ1) is 13.8. The van der Waals surface area contributed by atoms with Crippen LogP contribution in [0.25, 0.3) is 0 Å². The van der Waals surface area contributed by atoms with Crippen molar-refractivity contribution in [1.29, 1.82) is 0 Å². The Hall–Kier alpha value is -2.64. The minimum atomic E-state index is -4.36. The predicted octanol–water partition coefficient (Wildman–Crippen LogP) is 5.77. The van der Waals surface area contributed by atoms with Gasteiger partial charge in [-0.2, -0.15) is 13.2 Å². The molecular weight excluding hydrogens is 393 g/mol. The first-order valence-corrected chi connectivity index (χ1v) is 9.29. The summed E-state index contributed by atoms with van der Waals surface area (Å²) in [6, 6.07) is 8.04. The third-order valence-corrected chi connectivity index (χ3v) is 4.52. The molecule has 1 aliphatic heterocycles. The highest BCUT2D eigenvalue weighted by atomic mass is 19.4. The maximum Gasteiger partial charge on any atom is 0.416 e. The Morgan fingerprint density at radius 1 is 0.966 bits per heavy atom. The second-order valence-corrected chi connectivity index (χ2v) is 6.72. The fourth-order valence-corrected chi connectivity index (χ4v) is 2.99. The third-order valence-electron chi connectivity index (χ3n) is 4.52. The number of benzene rings is 2. The standard InChI is InChI=1S/C21H20F5NO2/c22-17-6-4-7-18(23)19(17)20-27-15(13-29-20)5-2-1-3-12-28-16-10-8-14(9-11-16)21(24,25)26/h4,6-11,15H,1-3,5,12-13H2. The Morgan fingerprint density at radius 3 is 2.31 bits per heavy atom. The van der Waals surface area contributed by atoms with Crippen molar-refractivity contribution in [3.8, 4) is 5.75 Å². The summed E-state index contributed by atoms with van der Waals surface area (Å²) in [5.74, 6) is -1.02. The van der Waals surface area contributed by atoms with Crippen molar-refractivity contribution in [1.82, 2.24) is 0 Å². The Bertz CT molecular complexity index is 829. The van der Waals surface area contributed by atoms with E-state index in [9.17, 15) is 22.0 Å². The van der Waals surface area contributed by atoms with E-state index in [1.807, 2.05) is 0 Å². The van der Waals surface area contributed by atoms with E-state index in [-0.39, 0.29) is 24.1 Å². The molecular formula is C21H20F5NO2. The normalized spacial score (nSPS) is 16.4. The van der Waals surface area contributed by atoms with Gasteiger partial charge in [0.2, 0.25) is 5.90 Å². The lowest BCUT2D eigenvalue weighted by molar-refractivity contribution is -0.137. The molecule has 3 rings (SSSR count). The first kappa shape index (κ1) is 21.1. The molecule has 1 unspecified atom stereocenters. The lowest BCUT2D eigenvalue weighted by Gasteiger charge is -2.09. The first-order valence-electron chi connectivity index (χ1n) is 9.29. The van der Waals surface area contributed by atoms with E-state index in [2.05, 4.69) is 4.99 Å². The van der Waals surface area contributed by atoms with Gasteiger partial charge in [-0.3, -0.25) is 0 Å². The van der Waals surface area contributed by atoms with Crippen LogP contribution >= 0.6 is 0 Å². The van der Waals surface area contributed by atoms with Gasteiger partial charge in [-0.05, 0) is 55.7 Å². The quantitative estimate of drug-likeness (QED) is 0.406. The zero-order valence-electron chi connectivity index (χ0n) is 15.5. The molecule has 1 atom stereocenters. The molecule has 0 aliphatic carbocycles. The summed E-state index contributed by atoms with van der Waals surface area (Å²) >= 11 is 0. The van der Waals surface area contributed by atoms with Gasteiger partial charge in [0.1, 0.15) is 29.6 Å². The highest BCUT2D eigenvalue weighted by molar-refractivity contribution is 5.95. The van der Waals surface area contributed by atoms with Crippen molar-refractivity contribution >= 4 is 5.90 Å². The second-order valence-electron chi connectivity index (χ2n) is 6.72. The van der Waals surface area contributed by atoms with Gasteiger partial charge in [-0.25, -0.2) is 13.8 Å². The Morgan fingerprint density at radius 2 is 1.66 bits per heavy atom. The molecule has 0 amide bonds. The smallest absolute Gasteiger partial charge is 0.416 e. The molecule has 0 radical (unpaired) electrons. The van der Waals surface area contributed by atoms with Gasteiger partial charge in [-0.1, -0.05) is 12.5 Å². The zero-order chi connectivity index (χ0) is 20.9. The van der Waals surface area contributed by atoms with E-state index in [1.54, 1.807) is 0 Å². The number of aliphatic imine (C=N–C) groups is 1. The van der Waals surface area contributed by atoms with Crippen LogP contribution in [0.1, 0.15) is 36.8 Å². The topological polar surface area (TPSA) is 30.8 Å². The monoisotopic (exact) mass is 413 g/mol. The van der Waals surface area contributed by atoms with E-state index in [0.717, 1.165) is 43.5 Å². The number of unbranched alkanes of at least 4 members (excludes halogenated alkanes) is 2. The molecule has 3 nitrogen and oxygen atoms in total. The van der Waals surface area contributed by atoms with Gasteiger partial charge in [0.25, 0.3) is 0 Å². The predicted molar refractivity (Wildman–Crippen MR) is 98.0 cm³/mol. The SMILES string of the molecule is Fc1cccc(F)c1C1=NC(CCCCCOc2ccc(C(F)(F)F)cc2)CO1. The van der Waals surface area contributed by atoms with Gasteiger partial charge in [0.05, 0.1) is 18.2 Å². The van der Waals surface area contributed by atoms with Crippen molar-refractivity contribution in [3.63, 3.8) is 0 Å². The van der Waals surface area contributed by atoms with Crippen molar-refractivity contribution in [3.05, 3.63) is 65.2 Å². The molecule has 2 aromatic rings. The van der Waals surface area contributed by atoms with Crippen LogP contribution in [0.2, 0.25) is 0 Å². The largest absolute Gasteiger partial charge is 0.494 e. The van der Waals surface area contributed by atoms with Crippen LogP contribution in [-0.2, 0) is 10.9 Å². The number of halogens is 5. The maximum atomic E-state index is 13.8. The molecule has 2 aromatic carbocycles. The van der Waals surface area contributed by atoms with Crippen molar-refractivity contribution < 1.29 is 31.4 Å². The molecule has 1 aliphatic rings. The Kier molecular flexibility index (Phi) is 6.71. The molecule has 0 aromatic heterocycles. The highest BCUT2D eigenvalue weighted by Crippen LogP contribution is 2.30. The van der Waals surface area contributed by atoms with E-state index in [4.69, 9.17) is 9.47 Å². The fourth-order valence-electron chi connectivity index (χ4n) is 2.99. The lowest BCUT2D eigenvalue weighted by atomic mass is 10.1. The summed E-state index contributed by atoms with van der Waals surface area (Å²) in [6.45, 7) is 0.673. The van der Waals surface area contributed by atoms with Crippen LogP contribution in [0.4, 0.5) is 22.0 Å². The summed E-state index contributed by atoms with van der Waals surface area (Å²) in [5, 5.41) is 0. The highest BCUT2D eigenvalue weighted by Gasteiger charge is 2.30. The van der Waals surface area contributed by atoms with Crippen LogP contribution in [0.3, 0.4) is 0 Å². The molecule has 0 bridgehead atoms. The van der Waals surface area contributed by atoms with E-state index < -0.39 is 23.4 Å². The van der Waals surface area contributed by atoms with E-state index in [0.29, 0.717) is 18.8 Å². The maximum absolute atomic E-state index is 13.8. The average Bonchev–Trinajstić information content (AvgIpc) is 3.12. The third kappa shape index (κ3) is 5.68. The molecule has 0 spiro atoms. The molecule has 0 saturated carbocycles. The zero-order valence-corrected chi connectivity index (χ0v) is 15.5. The molecule has 8 heteroatoms. The average molecular weight is 413 g/mol. The van der Waals surface area contributed by atoms with Gasteiger partial charge in [-0.15, -0.1) is 0 Å². The number of hydrogen-bond donors (Lipinski definition) is 0. The summed E-state index contributed by atoms with van der Waals surface area (Å²) in [4.78, 5) is 4.26. The van der Waals surface area contributed by atoms with E-state index >= 15 is 0 Å². The van der Waals surface area contributed by atoms with Crippen LogP contribution < -0.4 is 4.74 Å². The molecule has 1 heterocycles.